The maximum absolute atomic E-state index is 13.2. The molecule has 1 aromatic heterocycles. The van der Waals surface area contributed by atoms with Crippen LogP contribution >= 0.6 is 22.9 Å². The normalized spacial score (nSPS) is 15.1. The van der Waals surface area contributed by atoms with Crippen LogP contribution < -0.4 is 9.80 Å². The first-order chi connectivity index (χ1) is 13.2. The molecule has 27 heavy (non-hydrogen) atoms. The SMILES string of the molecule is O=C(c1ccccc1)N(CC[NH+]1CCOCC1)c1nc2c(Cl)cccc2s1. The fourth-order valence-corrected chi connectivity index (χ4v) is 4.51. The lowest BCUT2D eigenvalue weighted by Gasteiger charge is -2.26. The molecule has 1 saturated heterocycles. The molecule has 1 amide bonds. The number of halogens is 1. The molecule has 0 aliphatic carbocycles. The zero-order chi connectivity index (χ0) is 18.6. The fraction of sp³-hybridized carbons (Fsp3) is 0.300. The Morgan fingerprint density at radius 2 is 1.93 bits per heavy atom. The highest BCUT2D eigenvalue weighted by atomic mass is 35.5. The number of anilines is 1. The van der Waals surface area contributed by atoms with Gasteiger partial charge in [-0.3, -0.25) is 9.69 Å². The molecule has 2 aromatic carbocycles. The van der Waals surface area contributed by atoms with Crippen molar-refractivity contribution in [2.24, 2.45) is 0 Å². The zero-order valence-corrected chi connectivity index (χ0v) is 16.4. The standard InChI is InChI=1S/C20H20ClN3O2S/c21-16-7-4-8-17-18(16)22-20(27-17)24(10-9-23-11-13-26-14-12-23)19(25)15-5-2-1-3-6-15/h1-8H,9-14H2/p+1. The quantitative estimate of drug-likeness (QED) is 0.713. The smallest absolute Gasteiger partial charge is 0.260 e. The van der Waals surface area contributed by atoms with Gasteiger partial charge in [0.2, 0.25) is 0 Å². The number of hydrogen-bond donors (Lipinski definition) is 1. The predicted molar refractivity (Wildman–Crippen MR) is 109 cm³/mol. The summed E-state index contributed by atoms with van der Waals surface area (Å²) in [4.78, 5) is 21.1. The molecule has 1 aliphatic heterocycles. The lowest BCUT2D eigenvalue weighted by Crippen LogP contribution is -3.14. The number of para-hydroxylation sites is 1. The highest BCUT2D eigenvalue weighted by molar-refractivity contribution is 7.22. The van der Waals surface area contributed by atoms with Gasteiger partial charge in [-0.2, -0.15) is 0 Å². The zero-order valence-electron chi connectivity index (χ0n) is 14.9. The minimum atomic E-state index is -0.0292. The van der Waals surface area contributed by atoms with Gasteiger partial charge in [0.1, 0.15) is 18.6 Å². The maximum atomic E-state index is 13.2. The van der Waals surface area contributed by atoms with Crippen molar-refractivity contribution < 1.29 is 14.4 Å². The van der Waals surface area contributed by atoms with Crippen molar-refractivity contribution in [2.45, 2.75) is 0 Å². The molecule has 0 atom stereocenters. The molecule has 2 heterocycles. The monoisotopic (exact) mass is 402 g/mol. The Balaban J connectivity index is 1.63. The van der Waals surface area contributed by atoms with E-state index in [2.05, 4.69) is 4.98 Å². The summed E-state index contributed by atoms with van der Waals surface area (Å²) in [5.74, 6) is -0.0292. The number of nitrogens with zero attached hydrogens (tertiary/aromatic N) is 2. The van der Waals surface area contributed by atoms with Crippen LogP contribution in [0.5, 0.6) is 0 Å². The van der Waals surface area contributed by atoms with E-state index < -0.39 is 0 Å². The van der Waals surface area contributed by atoms with Gasteiger partial charge in [0.05, 0.1) is 36.0 Å². The Labute approximate surface area is 167 Å². The van der Waals surface area contributed by atoms with E-state index in [1.54, 1.807) is 4.90 Å². The van der Waals surface area contributed by atoms with Gasteiger partial charge in [-0.25, -0.2) is 4.98 Å². The summed E-state index contributed by atoms with van der Waals surface area (Å²) >= 11 is 7.80. The molecule has 1 aliphatic rings. The van der Waals surface area contributed by atoms with E-state index in [1.165, 1.54) is 16.2 Å². The highest BCUT2D eigenvalue weighted by Gasteiger charge is 2.24. The molecule has 0 saturated carbocycles. The molecule has 0 bridgehead atoms. The van der Waals surface area contributed by atoms with E-state index in [-0.39, 0.29) is 5.91 Å². The number of hydrogen-bond acceptors (Lipinski definition) is 4. The molecular weight excluding hydrogens is 382 g/mol. The molecule has 1 N–H and O–H groups in total. The minimum absolute atomic E-state index is 0.0292. The Morgan fingerprint density at radius 1 is 1.15 bits per heavy atom. The van der Waals surface area contributed by atoms with Crippen LogP contribution in [-0.4, -0.2) is 50.3 Å². The average Bonchev–Trinajstić information content (AvgIpc) is 3.15. The first-order valence-corrected chi connectivity index (χ1v) is 10.2. The minimum Gasteiger partial charge on any atom is -0.370 e. The number of carbonyl (C=O) groups excluding carboxylic acids is 1. The van der Waals surface area contributed by atoms with Crippen LogP contribution in [0.3, 0.4) is 0 Å². The van der Waals surface area contributed by atoms with E-state index in [0.717, 1.165) is 43.1 Å². The number of morpholine rings is 1. The molecule has 0 spiro atoms. The van der Waals surface area contributed by atoms with Crippen molar-refractivity contribution in [2.75, 3.05) is 44.3 Å². The number of carbonyl (C=O) groups is 1. The van der Waals surface area contributed by atoms with Gasteiger partial charge >= 0.3 is 0 Å². The second-order valence-electron chi connectivity index (χ2n) is 6.52. The van der Waals surface area contributed by atoms with Crippen LogP contribution in [0.25, 0.3) is 10.2 Å². The first kappa shape index (κ1) is 18.4. The fourth-order valence-electron chi connectivity index (χ4n) is 3.22. The third kappa shape index (κ3) is 4.14. The van der Waals surface area contributed by atoms with Crippen LogP contribution in [0.2, 0.25) is 5.02 Å². The lowest BCUT2D eigenvalue weighted by atomic mass is 10.2. The summed E-state index contributed by atoms with van der Waals surface area (Å²) in [6.07, 6.45) is 0. The largest absolute Gasteiger partial charge is 0.370 e. The summed E-state index contributed by atoms with van der Waals surface area (Å²) < 4.78 is 6.42. The van der Waals surface area contributed by atoms with Crippen LogP contribution in [0.1, 0.15) is 10.4 Å². The third-order valence-corrected chi connectivity index (χ3v) is 6.09. The van der Waals surface area contributed by atoms with Gasteiger partial charge in [-0.1, -0.05) is 47.2 Å². The molecule has 3 aromatic rings. The third-order valence-electron chi connectivity index (χ3n) is 4.74. The van der Waals surface area contributed by atoms with Gasteiger partial charge in [0.15, 0.2) is 5.13 Å². The molecule has 1 fully saturated rings. The summed E-state index contributed by atoms with van der Waals surface area (Å²) in [7, 11) is 0. The number of thiazole rings is 1. The van der Waals surface area contributed by atoms with Crippen LogP contribution in [0.15, 0.2) is 48.5 Å². The molecule has 5 nitrogen and oxygen atoms in total. The Hall–Kier alpha value is -1.99. The Bertz CT molecular complexity index is 925. The molecular formula is C20H21ClN3O2S+. The topological polar surface area (TPSA) is 46.9 Å². The van der Waals surface area contributed by atoms with E-state index in [0.29, 0.717) is 22.3 Å². The number of fused-ring (bicyclic) bond motifs is 1. The number of ether oxygens (including phenoxy) is 1. The molecule has 140 valence electrons. The van der Waals surface area contributed by atoms with Gasteiger partial charge in [0.25, 0.3) is 5.91 Å². The average molecular weight is 403 g/mol. The van der Waals surface area contributed by atoms with Crippen molar-refractivity contribution in [3.8, 4) is 0 Å². The van der Waals surface area contributed by atoms with Crippen molar-refractivity contribution >= 4 is 44.2 Å². The van der Waals surface area contributed by atoms with Gasteiger partial charge in [0, 0.05) is 5.56 Å². The summed E-state index contributed by atoms with van der Waals surface area (Å²) in [6.45, 7) is 4.97. The van der Waals surface area contributed by atoms with Crippen LogP contribution in [0, 0.1) is 0 Å². The second kappa shape index (κ2) is 8.35. The highest BCUT2D eigenvalue weighted by Crippen LogP contribution is 2.33. The van der Waals surface area contributed by atoms with E-state index in [9.17, 15) is 4.79 Å². The summed E-state index contributed by atoms with van der Waals surface area (Å²) in [6, 6.07) is 15.1. The Kier molecular flexibility index (Phi) is 5.69. The van der Waals surface area contributed by atoms with Gasteiger partial charge in [-0.05, 0) is 24.3 Å². The molecule has 4 rings (SSSR count). The van der Waals surface area contributed by atoms with Gasteiger partial charge in [-0.15, -0.1) is 0 Å². The molecule has 0 radical (unpaired) electrons. The number of nitrogens with one attached hydrogen (secondary N) is 1. The first-order valence-electron chi connectivity index (χ1n) is 9.05. The van der Waals surface area contributed by atoms with Crippen molar-refractivity contribution in [1.29, 1.82) is 0 Å². The predicted octanol–water partition coefficient (Wildman–Crippen LogP) is 2.51. The number of aromatic nitrogens is 1. The van der Waals surface area contributed by atoms with Crippen LogP contribution in [0.4, 0.5) is 5.13 Å². The number of amides is 1. The van der Waals surface area contributed by atoms with E-state index >= 15 is 0 Å². The molecule has 0 unspecified atom stereocenters. The summed E-state index contributed by atoms with van der Waals surface area (Å²) in [5.41, 5.74) is 1.42. The number of benzene rings is 2. The van der Waals surface area contributed by atoms with Crippen molar-refractivity contribution in [1.82, 2.24) is 4.98 Å². The van der Waals surface area contributed by atoms with Crippen LogP contribution in [-0.2, 0) is 4.74 Å². The van der Waals surface area contributed by atoms with E-state index in [4.69, 9.17) is 16.3 Å². The van der Waals surface area contributed by atoms with Crippen molar-refractivity contribution in [3.63, 3.8) is 0 Å². The number of rotatable bonds is 5. The van der Waals surface area contributed by atoms with E-state index in [1.807, 2.05) is 48.5 Å². The van der Waals surface area contributed by atoms with Crippen molar-refractivity contribution in [3.05, 3.63) is 59.1 Å². The maximum Gasteiger partial charge on any atom is 0.260 e. The Morgan fingerprint density at radius 3 is 2.67 bits per heavy atom. The number of quaternary nitrogens is 1. The second-order valence-corrected chi connectivity index (χ2v) is 7.93. The molecule has 7 heteroatoms. The van der Waals surface area contributed by atoms with Gasteiger partial charge < -0.3 is 9.64 Å². The summed E-state index contributed by atoms with van der Waals surface area (Å²) in [5, 5.41) is 1.31. The lowest BCUT2D eigenvalue weighted by molar-refractivity contribution is -0.906.